The Morgan fingerprint density at radius 2 is 2.00 bits per heavy atom. The van der Waals surface area contributed by atoms with Gasteiger partial charge in [0.15, 0.2) is 5.96 Å². The van der Waals surface area contributed by atoms with Gasteiger partial charge in [0.2, 0.25) is 0 Å². The molecular formula is C19H30N4O. The molecule has 4 N–H and O–H groups in total. The molecule has 1 aromatic carbocycles. The molecule has 0 amide bonds. The van der Waals surface area contributed by atoms with E-state index in [1.165, 1.54) is 5.56 Å². The van der Waals surface area contributed by atoms with Crippen LogP contribution in [0.4, 0.5) is 0 Å². The van der Waals surface area contributed by atoms with Crippen LogP contribution in [0, 0.1) is 0 Å². The van der Waals surface area contributed by atoms with Crippen molar-refractivity contribution < 1.29 is 4.74 Å². The van der Waals surface area contributed by atoms with E-state index in [-0.39, 0.29) is 11.6 Å². The fraction of sp³-hybridized carbons (Fsp3) is 0.526. The Hall–Kier alpha value is -1.85. The third-order valence-corrected chi connectivity index (χ3v) is 4.40. The third kappa shape index (κ3) is 5.65. The molecule has 1 aromatic rings. The highest BCUT2D eigenvalue weighted by Crippen LogP contribution is 2.25. The molecule has 0 radical (unpaired) electrons. The normalized spacial score (nSPS) is 18.8. The van der Waals surface area contributed by atoms with Gasteiger partial charge >= 0.3 is 0 Å². The zero-order chi connectivity index (χ0) is 17.4. The summed E-state index contributed by atoms with van der Waals surface area (Å²) in [5.41, 5.74) is 8.21. The van der Waals surface area contributed by atoms with Gasteiger partial charge in [0.1, 0.15) is 0 Å². The molecule has 0 aromatic heterocycles. The first-order valence-electron chi connectivity index (χ1n) is 8.59. The number of rotatable bonds is 7. The molecule has 1 aliphatic heterocycles. The van der Waals surface area contributed by atoms with Crippen molar-refractivity contribution in [3.05, 3.63) is 48.0 Å². The van der Waals surface area contributed by atoms with Crippen molar-refractivity contribution in [2.24, 2.45) is 10.7 Å². The summed E-state index contributed by atoms with van der Waals surface area (Å²) < 4.78 is 5.55. The Labute approximate surface area is 145 Å². The van der Waals surface area contributed by atoms with Crippen molar-refractivity contribution in [1.29, 1.82) is 0 Å². The Kier molecular flexibility index (Phi) is 6.82. The van der Waals surface area contributed by atoms with Gasteiger partial charge in [-0.2, -0.15) is 0 Å². The van der Waals surface area contributed by atoms with Crippen LogP contribution in [-0.2, 0) is 4.74 Å². The monoisotopic (exact) mass is 330 g/mol. The van der Waals surface area contributed by atoms with E-state index in [1.54, 1.807) is 0 Å². The molecule has 5 nitrogen and oxygen atoms in total. The molecule has 1 unspecified atom stereocenters. The number of hydrogen-bond acceptors (Lipinski definition) is 3. The summed E-state index contributed by atoms with van der Waals surface area (Å²) in [6.45, 7) is 10.8. The zero-order valence-electron chi connectivity index (χ0n) is 14.8. The number of benzene rings is 1. The third-order valence-electron chi connectivity index (χ3n) is 4.40. The lowest BCUT2D eigenvalue weighted by molar-refractivity contribution is 0.0374. The van der Waals surface area contributed by atoms with Crippen molar-refractivity contribution in [3.63, 3.8) is 0 Å². The summed E-state index contributed by atoms with van der Waals surface area (Å²) in [6, 6.07) is 10.7. The lowest BCUT2D eigenvalue weighted by Crippen LogP contribution is -2.53. The molecule has 0 aliphatic carbocycles. The van der Waals surface area contributed by atoms with E-state index in [2.05, 4.69) is 53.4 Å². The van der Waals surface area contributed by atoms with Crippen LogP contribution in [0.1, 0.15) is 38.3 Å². The van der Waals surface area contributed by atoms with Crippen LogP contribution in [-0.4, -0.2) is 37.8 Å². The first-order chi connectivity index (χ1) is 11.5. The summed E-state index contributed by atoms with van der Waals surface area (Å²) in [5, 5.41) is 6.87. The Morgan fingerprint density at radius 1 is 1.33 bits per heavy atom. The van der Waals surface area contributed by atoms with Gasteiger partial charge in [-0.25, -0.2) is 0 Å². The molecule has 2 rings (SSSR count). The van der Waals surface area contributed by atoms with Gasteiger partial charge in [-0.1, -0.05) is 42.5 Å². The Bertz CT molecular complexity index is 550. The van der Waals surface area contributed by atoms with E-state index >= 15 is 0 Å². The number of guanidine groups is 1. The van der Waals surface area contributed by atoms with Gasteiger partial charge in [0.25, 0.3) is 0 Å². The molecule has 1 heterocycles. The first-order valence-corrected chi connectivity index (χ1v) is 8.59. The molecule has 1 atom stereocenters. The van der Waals surface area contributed by atoms with Crippen molar-refractivity contribution in [2.45, 2.75) is 38.3 Å². The van der Waals surface area contributed by atoms with Crippen molar-refractivity contribution in [3.8, 4) is 0 Å². The highest BCUT2D eigenvalue weighted by Gasteiger charge is 2.33. The lowest BCUT2D eigenvalue weighted by atomic mass is 9.88. The average molecular weight is 330 g/mol. The maximum atomic E-state index is 5.98. The minimum atomic E-state index is -0.0803. The zero-order valence-corrected chi connectivity index (χ0v) is 14.8. The Balaban J connectivity index is 2.03. The van der Waals surface area contributed by atoms with Crippen molar-refractivity contribution in [1.82, 2.24) is 10.6 Å². The molecule has 1 saturated heterocycles. The fourth-order valence-corrected chi connectivity index (χ4v) is 2.93. The van der Waals surface area contributed by atoms with Gasteiger partial charge in [-0.05, 0) is 32.3 Å². The predicted octanol–water partition coefficient (Wildman–Crippen LogP) is 2.37. The minimum absolute atomic E-state index is 0.0803. The van der Waals surface area contributed by atoms with Crippen LogP contribution >= 0.6 is 0 Å². The molecule has 0 bridgehead atoms. The smallest absolute Gasteiger partial charge is 0.188 e. The van der Waals surface area contributed by atoms with Crippen LogP contribution in [0.2, 0.25) is 0 Å². The highest BCUT2D eigenvalue weighted by atomic mass is 16.5. The van der Waals surface area contributed by atoms with Crippen LogP contribution in [0.5, 0.6) is 0 Å². The number of hydrogen-bond donors (Lipinski definition) is 3. The number of nitrogens with zero attached hydrogens (tertiary/aromatic N) is 1. The second kappa shape index (κ2) is 8.85. The van der Waals surface area contributed by atoms with E-state index in [1.807, 2.05) is 13.0 Å². The quantitative estimate of drug-likeness (QED) is 0.408. The fourth-order valence-electron chi connectivity index (χ4n) is 2.93. The van der Waals surface area contributed by atoms with E-state index in [9.17, 15) is 0 Å². The lowest BCUT2D eigenvalue weighted by Gasteiger charge is -2.39. The molecule has 1 aliphatic rings. The van der Waals surface area contributed by atoms with E-state index in [0.717, 1.165) is 31.6 Å². The number of nitrogens with one attached hydrogen (secondary N) is 2. The van der Waals surface area contributed by atoms with Crippen LogP contribution in [0.3, 0.4) is 0 Å². The number of nitrogens with two attached hydrogens (primary N) is 1. The van der Waals surface area contributed by atoms with Gasteiger partial charge < -0.3 is 21.1 Å². The summed E-state index contributed by atoms with van der Waals surface area (Å²) in [4.78, 5) is 4.56. The Morgan fingerprint density at radius 3 is 2.62 bits per heavy atom. The summed E-state index contributed by atoms with van der Waals surface area (Å²) in [6.07, 6.45) is 1.86. The van der Waals surface area contributed by atoms with Crippen LogP contribution in [0.25, 0.3) is 0 Å². The molecule has 24 heavy (non-hydrogen) atoms. The standard InChI is InChI=1S/C19H30N4O/c1-15(2)13-21-18(20)22-14-19(9-11-24-12-10-19)23-16(3)17-7-5-4-6-8-17/h4-8,16,23H,1,9-14H2,2-3H3,(H3,20,21,22). The highest BCUT2D eigenvalue weighted by molar-refractivity contribution is 5.78. The molecule has 1 fully saturated rings. The minimum Gasteiger partial charge on any atom is -0.381 e. The summed E-state index contributed by atoms with van der Waals surface area (Å²) in [5.74, 6) is 0.470. The van der Waals surface area contributed by atoms with Gasteiger partial charge in [-0.3, -0.25) is 4.99 Å². The molecule has 0 saturated carbocycles. The van der Waals surface area contributed by atoms with Crippen LogP contribution in [0.15, 0.2) is 47.5 Å². The maximum absolute atomic E-state index is 5.98. The maximum Gasteiger partial charge on any atom is 0.188 e. The van der Waals surface area contributed by atoms with Gasteiger partial charge in [0.05, 0.1) is 6.54 Å². The topological polar surface area (TPSA) is 71.7 Å². The van der Waals surface area contributed by atoms with E-state index in [4.69, 9.17) is 10.5 Å². The SMILES string of the molecule is C=C(C)CNC(N)=NCC1(NC(C)c2ccccc2)CCOCC1. The van der Waals surface area contributed by atoms with Gasteiger partial charge in [0, 0.05) is 31.3 Å². The second-order valence-corrected chi connectivity index (χ2v) is 6.68. The van der Waals surface area contributed by atoms with Crippen molar-refractivity contribution >= 4 is 5.96 Å². The van der Waals surface area contributed by atoms with E-state index < -0.39 is 0 Å². The molecular weight excluding hydrogens is 300 g/mol. The summed E-state index contributed by atoms with van der Waals surface area (Å²) in [7, 11) is 0. The van der Waals surface area contributed by atoms with Crippen LogP contribution < -0.4 is 16.4 Å². The first kappa shape index (κ1) is 18.5. The average Bonchev–Trinajstić information content (AvgIpc) is 2.60. The largest absolute Gasteiger partial charge is 0.381 e. The van der Waals surface area contributed by atoms with Gasteiger partial charge in [-0.15, -0.1) is 0 Å². The van der Waals surface area contributed by atoms with E-state index in [0.29, 0.717) is 19.0 Å². The number of ether oxygens (including phenoxy) is 1. The summed E-state index contributed by atoms with van der Waals surface area (Å²) >= 11 is 0. The van der Waals surface area contributed by atoms with Crippen molar-refractivity contribution in [2.75, 3.05) is 26.3 Å². The second-order valence-electron chi connectivity index (χ2n) is 6.68. The molecule has 0 spiro atoms. The molecule has 132 valence electrons. The molecule has 5 heteroatoms. The predicted molar refractivity (Wildman–Crippen MR) is 100 cm³/mol. The number of aliphatic imine (C=N–C) groups is 1.